The van der Waals surface area contributed by atoms with Gasteiger partial charge in [0, 0.05) is 6.61 Å². The summed E-state index contributed by atoms with van der Waals surface area (Å²) in [6.45, 7) is 9.59. The average Bonchev–Trinajstić information content (AvgIpc) is 2.49. The van der Waals surface area contributed by atoms with Crippen LogP contribution in [0.5, 0.6) is 0 Å². The van der Waals surface area contributed by atoms with E-state index in [0.29, 0.717) is 6.61 Å². The molecule has 2 rings (SSSR count). The Hall–Kier alpha value is -1.14. The van der Waals surface area contributed by atoms with E-state index in [2.05, 4.69) is 0 Å². The molecular weight excluding hydrogens is 310 g/mol. The van der Waals surface area contributed by atoms with Gasteiger partial charge in [0.05, 0.1) is 6.04 Å². The van der Waals surface area contributed by atoms with Crippen LogP contribution in [0.1, 0.15) is 66.7 Å². The highest BCUT2D eigenvalue weighted by Crippen LogP contribution is 2.38. The van der Waals surface area contributed by atoms with Gasteiger partial charge < -0.3 is 14.2 Å². The molecule has 0 aromatic heterocycles. The highest BCUT2D eigenvalue weighted by molar-refractivity contribution is 6.01. The van der Waals surface area contributed by atoms with E-state index in [0.717, 1.165) is 25.7 Å². The van der Waals surface area contributed by atoms with E-state index in [1.807, 2.05) is 6.92 Å². The zero-order valence-electron chi connectivity index (χ0n) is 15.5. The van der Waals surface area contributed by atoms with Crippen LogP contribution in [0, 0.1) is 5.92 Å². The molecule has 2 aliphatic rings. The minimum atomic E-state index is -0.626. The monoisotopic (exact) mass is 341 g/mol. The second-order valence-electron chi connectivity index (χ2n) is 7.66. The number of amides is 2. The molecule has 0 N–H and O–H groups in total. The lowest BCUT2D eigenvalue weighted by Crippen LogP contribution is -2.71. The maximum Gasteiger partial charge on any atom is 0.417 e. The summed E-state index contributed by atoms with van der Waals surface area (Å²) in [5.41, 5.74) is -0.626. The fraction of sp³-hybridized carbons (Fsp3) is 0.889. The van der Waals surface area contributed by atoms with Crippen molar-refractivity contribution in [2.75, 3.05) is 6.61 Å². The SMILES string of the molecule is CCOC(C)OC1C(=O)N(C(=O)OC(C)(C)C)C1C1CCCCC1. The Morgan fingerprint density at radius 1 is 1.25 bits per heavy atom. The van der Waals surface area contributed by atoms with Crippen molar-refractivity contribution in [1.82, 2.24) is 4.90 Å². The molecule has 24 heavy (non-hydrogen) atoms. The Bertz CT molecular complexity index is 453. The van der Waals surface area contributed by atoms with E-state index in [-0.39, 0.29) is 17.9 Å². The van der Waals surface area contributed by atoms with E-state index >= 15 is 0 Å². The molecule has 2 amide bonds. The van der Waals surface area contributed by atoms with Gasteiger partial charge in [-0.3, -0.25) is 4.79 Å². The van der Waals surface area contributed by atoms with Gasteiger partial charge in [-0.15, -0.1) is 0 Å². The number of carbonyl (C=O) groups is 2. The molecule has 1 heterocycles. The van der Waals surface area contributed by atoms with Gasteiger partial charge in [0.25, 0.3) is 5.91 Å². The average molecular weight is 341 g/mol. The molecule has 3 atom stereocenters. The second kappa shape index (κ2) is 7.83. The van der Waals surface area contributed by atoms with E-state index < -0.39 is 24.1 Å². The molecule has 1 saturated heterocycles. The first kappa shape index (κ1) is 19.2. The minimum Gasteiger partial charge on any atom is -0.443 e. The summed E-state index contributed by atoms with van der Waals surface area (Å²) in [4.78, 5) is 26.3. The largest absolute Gasteiger partial charge is 0.443 e. The number of hydrogen-bond acceptors (Lipinski definition) is 5. The Balaban J connectivity index is 2.11. The van der Waals surface area contributed by atoms with Gasteiger partial charge >= 0.3 is 6.09 Å². The summed E-state index contributed by atoms with van der Waals surface area (Å²) in [6.07, 6.45) is 3.87. The van der Waals surface area contributed by atoms with Crippen LogP contribution in [0.25, 0.3) is 0 Å². The summed E-state index contributed by atoms with van der Waals surface area (Å²) in [5, 5.41) is 0. The standard InChI is InChI=1S/C18H31NO5/c1-6-22-12(2)23-15-14(13-10-8-7-9-11-13)19(16(15)20)17(21)24-18(3,4)5/h12-15H,6-11H2,1-5H3. The topological polar surface area (TPSA) is 65.1 Å². The lowest BCUT2D eigenvalue weighted by atomic mass is 9.77. The number of imide groups is 1. The van der Waals surface area contributed by atoms with E-state index in [9.17, 15) is 9.59 Å². The molecule has 0 aromatic rings. The van der Waals surface area contributed by atoms with Crippen molar-refractivity contribution in [1.29, 1.82) is 0 Å². The van der Waals surface area contributed by atoms with Gasteiger partial charge in [-0.05, 0) is 53.4 Å². The normalized spacial score (nSPS) is 26.9. The van der Waals surface area contributed by atoms with Crippen molar-refractivity contribution in [3.8, 4) is 0 Å². The Kier molecular flexibility index (Phi) is 6.26. The zero-order valence-corrected chi connectivity index (χ0v) is 15.5. The van der Waals surface area contributed by atoms with Crippen LogP contribution in [0.2, 0.25) is 0 Å². The van der Waals surface area contributed by atoms with E-state index in [1.54, 1.807) is 27.7 Å². The molecule has 1 aliphatic carbocycles. The van der Waals surface area contributed by atoms with Crippen LogP contribution < -0.4 is 0 Å². The number of likely N-dealkylation sites (tertiary alicyclic amines) is 1. The van der Waals surface area contributed by atoms with Gasteiger partial charge in [0.1, 0.15) is 5.60 Å². The fourth-order valence-electron chi connectivity index (χ4n) is 3.56. The molecule has 0 radical (unpaired) electrons. The van der Waals surface area contributed by atoms with Crippen molar-refractivity contribution in [2.45, 2.75) is 90.8 Å². The lowest BCUT2D eigenvalue weighted by molar-refractivity contribution is -0.216. The van der Waals surface area contributed by atoms with E-state index in [1.165, 1.54) is 11.3 Å². The van der Waals surface area contributed by atoms with Crippen molar-refractivity contribution in [2.24, 2.45) is 5.92 Å². The maximum absolute atomic E-state index is 12.5. The number of nitrogens with zero attached hydrogens (tertiary/aromatic N) is 1. The van der Waals surface area contributed by atoms with Crippen LogP contribution in [0.3, 0.4) is 0 Å². The molecule has 2 fully saturated rings. The van der Waals surface area contributed by atoms with E-state index in [4.69, 9.17) is 14.2 Å². The van der Waals surface area contributed by atoms with Crippen LogP contribution in [-0.4, -0.2) is 47.5 Å². The van der Waals surface area contributed by atoms with Crippen molar-refractivity contribution < 1.29 is 23.8 Å². The summed E-state index contributed by atoms with van der Waals surface area (Å²) in [6, 6.07) is -0.240. The Morgan fingerprint density at radius 3 is 2.42 bits per heavy atom. The number of β-lactam (4-membered cyclic amide) rings is 1. The predicted octanol–water partition coefficient (Wildman–Crippen LogP) is 3.48. The summed E-state index contributed by atoms with van der Waals surface area (Å²) < 4.78 is 16.6. The van der Waals surface area contributed by atoms with Crippen molar-refractivity contribution in [3.63, 3.8) is 0 Å². The summed E-state index contributed by atoms with van der Waals surface area (Å²) in [7, 11) is 0. The predicted molar refractivity (Wildman–Crippen MR) is 89.4 cm³/mol. The molecule has 6 nitrogen and oxygen atoms in total. The van der Waals surface area contributed by atoms with Gasteiger partial charge in [-0.1, -0.05) is 19.3 Å². The molecule has 0 bridgehead atoms. The highest BCUT2D eigenvalue weighted by Gasteiger charge is 2.56. The zero-order chi connectivity index (χ0) is 17.9. The van der Waals surface area contributed by atoms with Crippen LogP contribution >= 0.6 is 0 Å². The minimum absolute atomic E-state index is 0.240. The summed E-state index contributed by atoms with van der Waals surface area (Å²) in [5.74, 6) is -0.0332. The fourth-order valence-corrected chi connectivity index (χ4v) is 3.56. The Labute approximate surface area is 144 Å². The second-order valence-corrected chi connectivity index (χ2v) is 7.66. The first-order chi connectivity index (χ1) is 11.2. The first-order valence-electron chi connectivity index (χ1n) is 9.07. The number of rotatable bonds is 5. The smallest absolute Gasteiger partial charge is 0.417 e. The molecule has 6 heteroatoms. The maximum atomic E-state index is 12.5. The number of carbonyl (C=O) groups excluding carboxylic acids is 2. The molecular formula is C18H31NO5. The van der Waals surface area contributed by atoms with Gasteiger partial charge in [-0.2, -0.15) is 0 Å². The molecule has 3 unspecified atom stereocenters. The van der Waals surface area contributed by atoms with Crippen molar-refractivity contribution >= 4 is 12.0 Å². The Morgan fingerprint density at radius 2 is 1.88 bits per heavy atom. The number of ether oxygens (including phenoxy) is 3. The highest BCUT2D eigenvalue weighted by atomic mass is 16.7. The quantitative estimate of drug-likeness (QED) is 0.566. The van der Waals surface area contributed by atoms with Gasteiger partial charge in [-0.25, -0.2) is 9.69 Å². The van der Waals surface area contributed by atoms with Crippen molar-refractivity contribution in [3.05, 3.63) is 0 Å². The van der Waals surface area contributed by atoms with Gasteiger partial charge in [0.15, 0.2) is 12.4 Å². The molecule has 1 aliphatic heterocycles. The van der Waals surface area contributed by atoms with Crippen LogP contribution in [0.15, 0.2) is 0 Å². The lowest BCUT2D eigenvalue weighted by Gasteiger charge is -2.49. The third-order valence-electron chi connectivity index (χ3n) is 4.55. The molecule has 138 valence electrons. The van der Waals surface area contributed by atoms with Crippen LogP contribution in [-0.2, 0) is 19.0 Å². The van der Waals surface area contributed by atoms with Gasteiger partial charge in [0.2, 0.25) is 0 Å². The molecule has 0 aromatic carbocycles. The first-order valence-corrected chi connectivity index (χ1v) is 9.07. The molecule has 1 saturated carbocycles. The molecule has 0 spiro atoms. The third-order valence-corrected chi connectivity index (χ3v) is 4.55. The number of hydrogen-bond donors (Lipinski definition) is 0. The summed E-state index contributed by atoms with van der Waals surface area (Å²) >= 11 is 0. The van der Waals surface area contributed by atoms with Crippen LogP contribution in [0.4, 0.5) is 4.79 Å². The third kappa shape index (κ3) is 4.48.